The SMILES string of the molecule is Cc1ccc(N2C(=O)[C@H]3[C@@H]4CCCN4[C@@]4(c5ccccc5-n5c4nc4ccccc4c5=O)[C@H]3C2=O)c(Br)c1. The number of halogens is 1. The van der Waals surface area contributed by atoms with Crippen molar-refractivity contribution in [3.63, 3.8) is 0 Å². The molecule has 0 unspecified atom stereocenters. The number of fused-ring (bicyclic) bond motifs is 11. The number of carbonyl (C=O) groups is 2. The average Bonchev–Trinajstić information content (AvgIpc) is 3.62. The van der Waals surface area contributed by atoms with Gasteiger partial charge in [-0.05, 0) is 78.1 Å². The number of carbonyl (C=O) groups excluding carboxylic acids is 2. The van der Waals surface area contributed by atoms with E-state index in [1.807, 2.05) is 67.6 Å². The van der Waals surface area contributed by atoms with Crippen LogP contribution >= 0.6 is 15.9 Å². The van der Waals surface area contributed by atoms with Crippen LogP contribution in [0.3, 0.4) is 0 Å². The van der Waals surface area contributed by atoms with Gasteiger partial charge in [0.15, 0.2) is 0 Å². The van der Waals surface area contributed by atoms with Crippen LogP contribution in [-0.2, 0) is 15.1 Å². The highest BCUT2D eigenvalue weighted by Crippen LogP contribution is 2.62. The molecule has 38 heavy (non-hydrogen) atoms. The molecule has 1 aromatic heterocycles. The first kappa shape index (κ1) is 22.4. The monoisotopic (exact) mass is 566 g/mol. The molecule has 188 valence electrons. The second-order valence-corrected chi connectivity index (χ2v) is 11.6. The predicted octanol–water partition coefficient (Wildman–Crippen LogP) is 4.30. The Morgan fingerprint density at radius 2 is 1.74 bits per heavy atom. The topological polar surface area (TPSA) is 75.5 Å². The number of aryl methyl sites for hydroxylation is 1. The van der Waals surface area contributed by atoms with E-state index in [2.05, 4.69) is 20.8 Å². The lowest BCUT2D eigenvalue weighted by Crippen LogP contribution is -2.51. The first-order valence-electron chi connectivity index (χ1n) is 13.0. The maximum absolute atomic E-state index is 14.5. The standard InChI is InChI=1S/C30H23BrN4O3/c1-16-12-13-22(19(31)15-16)34-27(37)24-23-11-6-14-33(23)30(25(24)28(34)38)18-8-3-5-10-21(18)35-26(36)17-7-2-4-9-20(17)32-29(30)35/h2-5,7-10,12-13,15,23-25H,6,11,14H2,1H3/t23-,24-,25+,30-/m0/s1. The van der Waals surface area contributed by atoms with E-state index >= 15 is 0 Å². The highest BCUT2D eigenvalue weighted by atomic mass is 79.9. The van der Waals surface area contributed by atoms with Crippen molar-refractivity contribution in [2.45, 2.75) is 31.3 Å². The maximum Gasteiger partial charge on any atom is 0.266 e. The van der Waals surface area contributed by atoms with E-state index in [0.717, 1.165) is 36.2 Å². The van der Waals surface area contributed by atoms with Crippen LogP contribution < -0.4 is 10.5 Å². The van der Waals surface area contributed by atoms with Crippen molar-refractivity contribution in [1.82, 2.24) is 14.5 Å². The zero-order valence-electron chi connectivity index (χ0n) is 20.6. The maximum atomic E-state index is 14.5. The van der Waals surface area contributed by atoms with E-state index < -0.39 is 17.4 Å². The molecule has 3 aromatic carbocycles. The number of hydrogen-bond acceptors (Lipinski definition) is 5. The Bertz CT molecular complexity index is 1800. The van der Waals surface area contributed by atoms with Crippen LogP contribution in [0.5, 0.6) is 0 Å². The second-order valence-electron chi connectivity index (χ2n) is 10.7. The summed E-state index contributed by atoms with van der Waals surface area (Å²) >= 11 is 3.60. The molecular weight excluding hydrogens is 544 g/mol. The predicted molar refractivity (Wildman–Crippen MR) is 146 cm³/mol. The molecule has 0 radical (unpaired) electrons. The summed E-state index contributed by atoms with van der Waals surface area (Å²) in [4.78, 5) is 51.5. The van der Waals surface area contributed by atoms with Crippen LogP contribution in [0.15, 0.2) is 76.0 Å². The molecule has 8 heteroatoms. The molecule has 0 saturated carbocycles. The molecule has 4 aliphatic rings. The molecule has 4 aromatic rings. The minimum atomic E-state index is -0.996. The van der Waals surface area contributed by atoms with Gasteiger partial charge in [-0.15, -0.1) is 0 Å². The minimum Gasteiger partial charge on any atom is -0.283 e. The zero-order valence-corrected chi connectivity index (χ0v) is 22.2. The number of aromatic nitrogens is 2. The van der Waals surface area contributed by atoms with Crippen LogP contribution in [0.4, 0.5) is 5.69 Å². The van der Waals surface area contributed by atoms with E-state index in [4.69, 9.17) is 4.98 Å². The van der Waals surface area contributed by atoms with Gasteiger partial charge in [-0.2, -0.15) is 0 Å². The van der Waals surface area contributed by atoms with Crippen molar-refractivity contribution in [1.29, 1.82) is 0 Å². The molecule has 4 aliphatic heterocycles. The average molecular weight is 567 g/mol. The van der Waals surface area contributed by atoms with Gasteiger partial charge in [0.1, 0.15) is 11.4 Å². The molecule has 1 spiro atoms. The zero-order chi connectivity index (χ0) is 25.9. The molecule has 0 N–H and O–H groups in total. The smallest absolute Gasteiger partial charge is 0.266 e. The van der Waals surface area contributed by atoms with Gasteiger partial charge in [0.2, 0.25) is 11.8 Å². The lowest BCUT2D eigenvalue weighted by molar-refractivity contribution is -0.124. The molecule has 3 fully saturated rings. The van der Waals surface area contributed by atoms with Crippen LogP contribution in [-0.4, -0.2) is 38.9 Å². The van der Waals surface area contributed by atoms with E-state index in [1.54, 1.807) is 10.6 Å². The van der Waals surface area contributed by atoms with Crippen LogP contribution in [0.25, 0.3) is 16.6 Å². The summed E-state index contributed by atoms with van der Waals surface area (Å²) in [6.07, 6.45) is 1.75. The summed E-state index contributed by atoms with van der Waals surface area (Å²) in [6, 6.07) is 20.7. The van der Waals surface area contributed by atoms with Gasteiger partial charge >= 0.3 is 0 Å². The van der Waals surface area contributed by atoms with Crippen molar-refractivity contribution < 1.29 is 9.59 Å². The number of nitrogens with zero attached hydrogens (tertiary/aromatic N) is 4. The van der Waals surface area contributed by atoms with Crippen molar-refractivity contribution >= 4 is 44.3 Å². The van der Waals surface area contributed by atoms with Crippen LogP contribution in [0.2, 0.25) is 0 Å². The molecule has 8 rings (SSSR count). The van der Waals surface area contributed by atoms with Gasteiger partial charge in [-0.1, -0.05) is 36.4 Å². The second kappa shape index (κ2) is 7.48. The van der Waals surface area contributed by atoms with Crippen molar-refractivity contribution in [2.24, 2.45) is 11.8 Å². The Morgan fingerprint density at radius 1 is 0.947 bits per heavy atom. The van der Waals surface area contributed by atoms with Gasteiger partial charge in [0, 0.05) is 16.1 Å². The molecule has 7 nitrogen and oxygen atoms in total. The Kier molecular flexibility index (Phi) is 4.41. The highest BCUT2D eigenvalue weighted by Gasteiger charge is 2.73. The van der Waals surface area contributed by atoms with Crippen LogP contribution in [0.1, 0.15) is 29.8 Å². The summed E-state index contributed by atoms with van der Waals surface area (Å²) in [5.41, 5.74) is 2.68. The third-order valence-corrected chi connectivity index (χ3v) is 9.62. The van der Waals surface area contributed by atoms with E-state index in [0.29, 0.717) is 26.9 Å². The Labute approximate surface area is 226 Å². The Balaban J connectivity index is 1.45. The summed E-state index contributed by atoms with van der Waals surface area (Å²) in [5.74, 6) is -1.05. The fraction of sp³-hybridized carbons (Fsp3) is 0.267. The van der Waals surface area contributed by atoms with Crippen molar-refractivity contribution in [3.05, 3.63) is 98.5 Å². The quantitative estimate of drug-likeness (QED) is 0.321. The lowest BCUT2D eigenvalue weighted by atomic mass is 9.75. The number of amides is 2. The van der Waals surface area contributed by atoms with Crippen molar-refractivity contribution in [2.75, 3.05) is 11.4 Å². The van der Waals surface area contributed by atoms with Gasteiger partial charge in [-0.25, -0.2) is 9.88 Å². The largest absolute Gasteiger partial charge is 0.283 e. The molecule has 5 heterocycles. The molecule has 0 aliphatic carbocycles. The fourth-order valence-electron chi connectivity index (χ4n) is 7.64. The van der Waals surface area contributed by atoms with Gasteiger partial charge in [0.05, 0.1) is 34.1 Å². The molecular formula is C30H23BrN4O3. The summed E-state index contributed by atoms with van der Waals surface area (Å²) < 4.78 is 2.40. The number of benzene rings is 3. The third-order valence-electron chi connectivity index (χ3n) is 8.98. The van der Waals surface area contributed by atoms with Crippen LogP contribution in [0, 0.1) is 18.8 Å². The Hall–Kier alpha value is -3.62. The normalized spacial score (nSPS) is 27.3. The third kappa shape index (κ3) is 2.48. The minimum absolute atomic E-state index is 0.103. The van der Waals surface area contributed by atoms with Gasteiger partial charge in [0.25, 0.3) is 5.56 Å². The first-order valence-corrected chi connectivity index (χ1v) is 13.8. The van der Waals surface area contributed by atoms with E-state index in [-0.39, 0.29) is 23.4 Å². The molecule has 2 amide bonds. The number of imide groups is 1. The number of rotatable bonds is 1. The van der Waals surface area contributed by atoms with Gasteiger partial charge < -0.3 is 0 Å². The lowest BCUT2D eigenvalue weighted by Gasteiger charge is -2.38. The highest BCUT2D eigenvalue weighted by molar-refractivity contribution is 9.10. The number of para-hydroxylation sites is 2. The Morgan fingerprint density at radius 3 is 2.58 bits per heavy atom. The molecule has 3 saturated heterocycles. The van der Waals surface area contributed by atoms with Crippen molar-refractivity contribution in [3.8, 4) is 5.69 Å². The first-order chi connectivity index (χ1) is 18.4. The summed E-state index contributed by atoms with van der Waals surface area (Å²) in [7, 11) is 0. The summed E-state index contributed by atoms with van der Waals surface area (Å²) in [5, 5.41) is 0.537. The number of anilines is 1. The van der Waals surface area contributed by atoms with E-state index in [9.17, 15) is 14.4 Å². The van der Waals surface area contributed by atoms with Gasteiger partial charge in [-0.3, -0.25) is 23.9 Å². The fourth-order valence-corrected chi connectivity index (χ4v) is 8.31. The summed E-state index contributed by atoms with van der Waals surface area (Å²) in [6.45, 7) is 2.71. The molecule has 0 bridgehead atoms. The number of hydrogen-bond donors (Lipinski definition) is 0. The van der Waals surface area contributed by atoms with E-state index in [1.165, 1.54) is 4.90 Å². The molecule has 4 atom stereocenters.